The molecule has 1 rings (SSSR count). The molecule has 0 atom stereocenters. The molecule has 0 unspecified atom stereocenters. The summed E-state index contributed by atoms with van der Waals surface area (Å²) in [7, 11) is 5.45. The minimum Gasteiger partial charge on any atom is -0.365 e. The number of carbonyl (C=O) groups is 1. The van der Waals surface area contributed by atoms with Gasteiger partial charge in [-0.25, -0.2) is 0 Å². The molecule has 0 aliphatic heterocycles. The zero-order valence-electron chi connectivity index (χ0n) is 12.9. The second-order valence-corrected chi connectivity index (χ2v) is 5.89. The van der Waals surface area contributed by atoms with E-state index in [1.54, 1.807) is 19.0 Å². The number of amides is 1. The third kappa shape index (κ3) is 5.02. The molecule has 0 saturated carbocycles. The van der Waals surface area contributed by atoms with Crippen molar-refractivity contribution in [2.24, 2.45) is 0 Å². The quantitative estimate of drug-likeness (QED) is 0.875. The van der Waals surface area contributed by atoms with Crippen molar-refractivity contribution in [2.45, 2.75) is 26.4 Å². The molecule has 0 radical (unpaired) electrons. The summed E-state index contributed by atoms with van der Waals surface area (Å²) in [6.07, 6.45) is 0. The smallest absolute Gasteiger partial charge is 0.241 e. The van der Waals surface area contributed by atoms with Crippen molar-refractivity contribution >= 4 is 23.2 Å². The van der Waals surface area contributed by atoms with Gasteiger partial charge in [-0.1, -0.05) is 25.4 Å². The van der Waals surface area contributed by atoms with E-state index in [2.05, 4.69) is 19.2 Å². The van der Waals surface area contributed by atoms with E-state index in [1.807, 2.05) is 30.1 Å². The van der Waals surface area contributed by atoms with Crippen molar-refractivity contribution in [1.29, 1.82) is 0 Å². The van der Waals surface area contributed by atoms with E-state index in [0.29, 0.717) is 17.6 Å². The van der Waals surface area contributed by atoms with Gasteiger partial charge >= 0.3 is 0 Å². The van der Waals surface area contributed by atoms with Crippen molar-refractivity contribution in [3.63, 3.8) is 0 Å². The minimum atomic E-state index is 0.0743. The predicted octanol–water partition coefficient (Wildman–Crippen LogP) is 2.36. The highest BCUT2D eigenvalue weighted by atomic mass is 35.5. The standard InChI is InChI=1S/C15H24ClN3O/c1-11(2)17-9-12-8-13(16)6-7-14(12)19(5)10-15(20)18(3)4/h6-8,11,17H,9-10H2,1-5H3. The highest BCUT2D eigenvalue weighted by Crippen LogP contribution is 2.23. The molecule has 112 valence electrons. The Morgan fingerprint density at radius 1 is 1.30 bits per heavy atom. The topological polar surface area (TPSA) is 35.6 Å². The van der Waals surface area contributed by atoms with Gasteiger partial charge in [0, 0.05) is 44.4 Å². The van der Waals surface area contributed by atoms with Gasteiger partial charge in [0.25, 0.3) is 0 Å². The number of likely N-dealkylation sites (N-methyl/N-ethyl adjacent to an activating group) is 2. The van der Waals surface area contributed by atoms with Gasteiger partial charge in [0.05, 0.1) is 6.54 Å². The van der Waals surface area contributed by atoms with Gasteiger partial charge in [-0.3, -0.25) is 4.79 Å². The fraction of sp³-hybridized carbons (Fsp3) is 0.533. The van der Waals surface area contributed by atoms with E-state index in [-0.39, 0.29) is 5.91 Å². The van der Waals surface area contributed by atoms with Gasteiger partial charge in [-0.05, 0) is 23.8 Å². The fourth-order valence-electron chi connectivity index (χ4n) is 1.81. The fourth-order valence-corrected chi connectivity index (χ4v) is 2.01. The number of anilines is 1. The van der Waals surface area contributed by atoms with Crippen LogP contribution in [0.3, 0.4) is 0 Å². The summed E-state index contributed by atoms with van der Waals surface area (Å²) in [5, 5.41) is 4.09. The third-order valence-corrected chi connectivity index (χ3v) is 3.26. The Bertz CT molecular complexity index is 460. The number of nitrogens with one attached hydrogen (secondary N) is 1. The third-order valence-electron chi connectivity index (χ3n) is 3.02. The summed E-state index contributed by atoms with van der Waals surface area (Å²) >= 11 is 6.07. The highest BCUT2D eigenvalue weighted by Gasteiger charge is 2.13. The van der Waals surface area contributed by atoms with Gasteiger partial charge in [0.2, 0.25) is 5.91 Å². The molecular formula is C15H24ClN3O. The van der Waals surface area contributed by atoms with Crippen molar-refractivity contribution < 1.29 is 4.79 Å². The molecule has 0 heterocycles. The zero-order valence-corrected chi connectivity index (χ0v) is 13.7. The molecule has 0 aliphatic rings. The Labute approximate surface area is 126 Å². The van der Waals surface area contributed by atoms with Crippen LogP contribution in [0.25, 0.3) is 0 Å². The summed E-state index contributed by atoms with van der Waals surface area (Å²) in [5.41, 5.74) is 2.12. The lowest BCUT2D eigenvalue weighted by molar-refractivity contribution is -0.127. The van der Waals surface area contributed by atoms with E-state index in [9.17, 15) is 4.79 Å². The van der Waals surface area contributed by atoms with Crippen LogP contribution in [-0.2, 0) is 11.3 Å². The molecule has 0 aliphatic carbocycles. The van der Waals surface area contributed by atoms with E-state index >= 15 is 0 Å². The van der Waals surface area contributed by atoms with Crippen molar-refractivity contribution in [1.82, 2.24) is 10.2 Å². The van der Waals surface area contributed by atoms with E-state index < -0.39 is 0 Å². The monoisotopic (exact) mass is 297 g/mol. The van der Waals surface area contributed by atoms with Crippen LogP contribution in [0.2, 0.25) is 5.02 Å². The normalized spacial score (nSPS) is 10.8. The second kappa shape index (κ2) is 7.50. The Morgan fingerprint density at radius 3 is 2.50 bits per heavy atom. The summed E-state index contributed by atoms with van der Waals surface area (Å²) in [6.45, 7) is 5.28. The van der Waals surface area contributed by atoms with E-state index in [0.717, 1.165) is 17.8 Å². The van der Waals surface area contributed by atoms with Crippen LogP contribution in [0, 0.1) is 0 Å². The first-order chi connectivity index (χ1) is 9.31. The Morgan fingerprint density at radius 2 is 1.95 bits per heavy atom. The number of hydrogen-bond donors (Lipinski definition) is 1. The van der Waals surface area contributed by atoms with E-state index in [1.165, 1.54) is 0 Å². The van der Waals surface area contributed by atoms with Crippen LogP contribution < -0.4 is 10.2 Å². The molecule has 0 saturated heterocycles. The first-order valence-corrected chi connectivity index (χ1v) is 7.12. The van der Waals surface area contributed by atoms with Crippen molar-refractivity contribution in [2.75, 3.05) is 32.6 Å². The van der Waals surface area contributed by atoms with Gasteiger partial charge in [-0.2, -0.15) is 0 Å². The van der Waals surface area contributed by atoms with Crippen molar-refractivity contribution in [3.8, 4) is 0 Å². The molecule has 0 aromatic heterocycles. The average Bonchev–Trinajstić information content (AvgIpc) is 2.35. The maximum Gasteiger partial charge on any atom is 0.241 e. The summed E-state index contributed by atoms with van der Waals surface area (Å²) in [5.74, 6) is 0.0743. The number of nitrogens with zero attached hydrogens (tertiary/aromatic N) is 2. The molecule has 5 heteroatoms. The number of halogens is 1. The molecule has 0 fully saturated rings. The van der Waals surface area contributed by atoms with Gasteiger partial charge in [-0.15, -0.1) is 0 Å². The second-order valence-electron chi connectivity index (χ2n) is 5.45. The zero-order chi connectivity index (χ0) is 15.3. The van der Waals surface area contributed by atoms with Crippen LogP contribution >= 0.6 is 11.6 Å². The van der Waals surface area contributed by atoms with Crippen LogP contribution in [-0.4, -0.2) is 44.5 Å². The van der Waals surface area contributed by atoms with Crippen molar-refractivity contribution in [3.05, 3.63) is 28.8 Å². The predicted molar refractivity (Wildman–Crippen MR) is 85.4 cm³/mol. The Hall–Kier alpha value is -1.26. The van der Waals surface area contributed by atoms with Gasteiger partial charge in [0.15, 0.2) is 0 Å². The summed E-state index contributed by atoms with van der Waals surface area (Å²) in [6, 6.07) is 6.16. The molecule has 0 spiro atoms. The highest BCUT2D eigenvalue weighted by molar-refractivity contribution is 6.30. The number of carbonyl (C=O) groups excluding carboxylic acids is 1. The summed E-state index contributed by atoms with van der Waals surface area (Å²) in [4.78, 5) is 15.4. The van der Waals surface area contributed by atoms with Gasteiger partial charge in [0.1, 0.15) is 0 Å². The SMILES string of the molecule is CC(C)NCc1cc(Cl)ccc1N(C)CC(=O)N(C)C. The number of rotatable bonds is 6. The molecule has 4 nitrogen and oxygen atoms in total. The number of hydrogen-bond acceptors (Lipinski definition) is 3. The van der Waals surface area contributed by atoms with Gasteiger partial charge < -0.3 is 15.1 Å². The largest absolute Gasteiger partial charge is 0.365 e. The molecule has 0 bridgehead atoms. The first-order valence-electron chi connectivity index (χ1n) is 6.74. The molecule has 1 aromatic carbocycles. The van der Waals surface area contributed by atoms with E-state index in [4.69, 9.17) is 11.6 Å². The van der Waals surface area contributed by atoms with Crippen LogP contribution in [0.4, 0.5) is 5.69 Å². The lowest BCUT2D eigenvalue weighted by atomic mass is 10.1. The maximum atomic E-state index is 11.8. The minimum absolute atomic E-state index is 0.0743. The van der Waals surface area contributed by atoms with Crippen LogP contribution in [0.1, 0.15) is 19.4 Å². The molecule has 1 amide bonds. The molecular weight excluding hydrogens is 274 g/mol. The Kier molecular flexibility index (Phi) is 6.30. The lowest BCUT2D eigenvalue weighted by Gasteiger charge is -2.24. The Balaban J connectivity index is 2.89. The number of benzene rings is 1. The molecule has 1 aromatic rings. The molecule has 20 heavy (non-hydrogen) atoms. The van der Waals surface area contributed by atoms with Crippen LogP contribution in [0.5, 0.6) is 0 Å². The van der Waals surface area contributed by atoms with Crippen LogP contribution in [0.15, 0.2) is 18.2 Å². The lowest BCUT2D eigenvalue weighted by Crippen LogP contribution is -2.35. The summed E-state index contributed by atoms with van der Waals surface area (Å²) < 4.78 is 0. The first kappa shape index (κ1) is 16.8. The maximum absolute atomic E-state index is 11.8. The molecule has 1 N–H and O–H groups in total. The average molecular weight is 298 g/mol.